The lowest BCUT2D eigenvalue weighted by Gasteiger charge is -2.13. The Kier molecular flexibility index (Phi) is 6.74. The van der Waals surface area contributed by atoms with E-state index in [0.717, 1.165) is 5.56 Å². The Labute approximate surface area is 156 Å². The van der Waals surface area contributed by atoms with E-state index in [4.69, 9.17) is 11.6 Å². The topological polar surface area (TPSA) is 87.3 Å². The molecule has 0 unspecified atom stereocenters. The molecule has 2 aromatic rings. The van der Waals surface area contributed by atoms with Gasteiger partial charge in [0.25, 0.3) is 5.91 Å². The lowest BCUT2D eigenvalue weighted by molar-refractivity contribution is -0.136. The van der Waals surface area contributed by atoms with Crippen molar-refractivity contribution in [2.45, 2.75) is 26.4 Å². The Bertz CT molecular complexity index is 821. The summed E-state index contributed by atoms with van der Waals surface area (Å²) in [4.78, 5) is 36.3. The summed E-state index contributed by atoms with van der Waals surface area (Å²) in [7, 11) is 0. The molecule has 0 aliphatic carbocycles. The molecule has 0 bridgehead atoms. The highest BCUT2D eigenvalue weighted by molar-refractivity contribution is 6.40. The summed E-state index contributed by atoms with van der Waals surface area (Å²) >= 11 is 5.88. The predicted molar refractivity (Wildman–Crippen MR) is 101 cm³/mol. The van der Waals surface area contributed by atoms with E-state index in [9.17, 15) is 14.4 Å². The molecule has 136 valence electrons. The maximum atomic E-state index is 12.2. The number of carbonyl (C=O) groups excluding carboxylic acids is 3. The fourth-order valence-electron chi connectivity index (χ4n) is 2.22. The second-order valence-electron chi connectivity index (χ2n) is 5.94. The zero-order chi connectivity index (χ0) is 19.1. The second-order valence-corrected chi connectivity index (χ2v) is 6.38. The van der Waals surface area contributed by atoms with Crippen LogP contribution in [0.15, 0.2) is 48.5 Å². The van der Waals surface area contributed by atoms with Crippen LogP contribution in [0, 0.1) is 0 Å². The molecule has 3 amide bonds. The van der Waals surface area contributed by atoms with Gasteiger partial charge in [-0.1, -0.05) is 35.9 Å². The number of hydrogen-bond acceptors (Lipinski definition) is 3. The van der Waals surface area contributed by atoms with Crippen LogP contribution in [-0.2, 0) is 16.1 Å². The zero-order valence-corrected chi connectivity index (χ0v) is 15.3. The Hall–Kier alpha value is -2.86. The van der Waals surface area contributed by atoms with Crippen molar-refractivity contribution in [1.29, 1.82) is 0 Å². The summed E-state index contributed by atoms with van der Waals surface area (Å²) in [6.07, 6.45) is 0. The first-order chi connectivity index (χ1) is 12.4. The average molecular weight is 374 g/mol. The minimum atomic E-state index is -0.850. The van der Waals surface area contributed by atoms with E-state index < -0.39 is 11.8 Å². The Morgan fingerprint density at radius 3 is 2.42 bits per heavy atom. The van der Waals surface area contributed by atoms with Crippen molar-refractivity contribution in [3.8, 4) is 0 Å². The molecule has 2 aromatic carbocycles. The van der Waals surface area contributed by atoms with Crippen molar-refractivity contribution in [2.24, 2.45) is 0 Å². The summed E-state index contributed by atoms with van der Waals surface area (Å²) in [5.41, 5.74) is 1.33. The number of halogens is 1. The van der Waals surface area contributed by atoms with E-state index in [0.29, 0.717) is 5.02 Å². The van der Waals surface area contributed by atoms with Gasteiger partial charge in [-0.2, -0.15) is 0 Å². The van der Waals surface area contributed by atoms with Crippen molar-refractivity contribution in [2.75, 3.05) is 5.32 Å². The number of anilines is 1. The van der Waals surface area contributed by atoms with Gasteiger partial charge in [0, 0.05) is 17.6 Å². The first-order valence-corrected chi connectivity index (χ1v) is 8.48. The number of amides is 3. The van der Waals surface area contributed by atoms with E-state index in [-0.39, 0.29) is 29.7 Å². The summed E-state index contributed by atoms with van der Waals surface area (Å²) in [6.45, 7) is 3.84. The fraction of sp³-hybridized carbons (Fsp3) is 0.211. The quantitative estimate of drug-likeness (QED) is 0.704. The highest BCUT2D eigenvalue weighted by atomic mass is 35.5. The molecule has 0 saturated heterocycles. The molecule has 0 aliphatic heterocycles. The predicted octanol–water partition coefficient (Wildman–Crippen LogP) is 2.73. The number of nitrogens with one attached hydrogen (secondary N) is 3. The molecule has 0 saturated carbocycles. The highest BCUT2D eigenvalue weighted by Crippen LogP contribution is 2.15. The average Bonchev–Trinajstić information content (AvgIpc) is 2.59. The van der Waals surface area contributed by atoms with Gasteiger partial charge in [0.05, 0.1) is 11.3 Å². The van der Waals surface area contributed by atoms with Crippen LogP contribution in [0.25, 0.3) is 0 Å². The molecule has 0 atom stereocenters. The van der Waals surface area contributed by atoms with Crippen molar-refractivity contribution < 1.29 is 14.4 Å². The monoisotopic (exact) mass is 373 g/mol. The van der Waals surface area contributed by atoms with Crippen LogP contribution in [0.1, 0.15) is 29.8 Å². The molecule has 26 heavy (non-hydrogen) atoms. The standard InChI is InChI=1S/C19H20ClN3O3/c1-12(2)22-17(24)15-8-3-4-9-16(15)23-19(26)18(25)21-11-13-6-5-7-14(20)10-13/h3-10,12H,11H2,1-2H3,(H,21,25)(H,22,24)(H,23,26). The van der Waals surface area contributed by atoms with E-state index in [1.807, 2.05) is 13.8 Å². The van der Waals surface area contributed by atoms with Gasteiger partial charge in [-0.25, -0.2) is 0 Å². The van der Waals surface area contributed by atoms with Crippen LogP contribution >= 0.6 is 11.6 Å². The molecule has 3 N–H and O–H groups in total. The fourth-order valence-corrected chi connectivity index (χ4v) is 2.43. The molecule has 0 radical (unpaired) electrons. The third kappa shape index (κ3) is 5.60. The normalized spacial score (nSPS) is 10.3. The van der Waals surface area contributed by atoms with Crippen LogP contribution in [0.2, 0.25) is 5.02 Å². The highest BCUT2D eigenvalue weighted by Gasteiger charge is 2.18. The van der Waals surface area contributed by atoms with Crippen molar-refractivity contribution in [1.82, 2.24) is 10.6 Å². The van der Waals surface area contributed by atoms with Crippen LogP contribution < -0.4 is 16.0 Å². The number of carbonyl (C=O) groups is 3. The summed E-state index contributed by atoms with van der Waals surface area (Å²) in [5.74, 6) is -1.98. The van der Waals surface area contributed by atoms with Gasteiger partial charge in [0.2, 0.25) is 0 Å². The molecule has 6 nitrogen and oxygen atoms in total. The summed E-state index contributed by atoms with van der Waals surface area (Å²) in [6, 6.07) is 13.4. The molecular weight excluding hydrogens is 354 g/mol. The largest absolute Gasteiger partial charge is 0.350 e. The van der Waals surface area contributed by atoms with Gasteiger partial charge in [0.15, 0.2) is 0 Å². The van der Waals surface area contributed by atoms with Crippen LogP contribution in [0.4, 0.5) is 5.69 Å². The number of rotatable bonds is 5. The molecule has 0 aromatic heterocycles. The van der Waals surface area contributed by atoms with Crippen LogP contribution in [0.5, 0.6) is 0 Å². The Morgan fingerprint density at radius 1 is 1.00 bits per heavy atom. The second kappa shape index (κ2) is 9.01. The minimum Gasteiger partial charge on any atom is -0.350 e. The van der Waals surface area contributed by atoms with E-state index >= 15 is 0 Å². The first-order valence-electron chi connectivity index (χ1n) is 8.10. The van der Waals surface area contributed by atoms with E-state index in [1.54, 1.807) is 48.5 Å². The number of para-hydroxylation sites is 1. The third-order valence-corrected chi connectivity index (χ3v) is 3.62. The van der Waals surface area contributed by atoms with Crippen LogP contribution in [-0.4, -0.2) is 23.8 Å². The molecule has 2 rings (SSSR count). The maximum absolute atomic E-state index is 12.2. The Morgan fingerprint density at radius 2 is 1.73 bits per heavy atom. The Balaban J connectivity index is 2.00. The van der Waals surface area contributed by atoms with Gasteiger partial charge in [-0.3, -0.25) is 14.4 Å². The molecule has 0 fully saturated rings. The SMILES string of the molecule is CC(C)NC(=O)c1ccccc1NC(=O)C(=O)NCc1cccc(Cl)c1. The van der Waals surface area contributed by atoms with Crippen LogP contribution in [0.3, 0.4) is 0 Å². The molecular formula is C19H20ClN3O3. The molecule has 0 spiro atoms. The van der Waals surface area contributed by atoms with Gasteiger partial charge in [-0.15, -0.1) is 0 Å². The summed E-state index contributed by atoms with van der Waals surface area (Å²) in [5, 5.41) is 8.29. The number of benzene rings is 2. The lowest BCUT2D eigenvalue weighted by atomic mass is 10.1. The third-order valence-electron chi connectivity index (χ3n) is 3.39. The zero-order valence-electron chi connectivity index (χ0n) is 14.5. The number of hydrogen-bond donors (Lipinski definition) is 3. The van der Waals surface area contributed by atoms with E-state index in [2.05, 4.69) is 16.0 Å². The van der Waals surface area contributed by atoms with E-state index in [1.165, 1.54) is 0 Å². The van der Waals surface area contributed by atoms with Gasteiger partial charge >= 0.3 is 11.8 Å². The molecule has 0 aliphatic rings. The first kappa shape index (κ1) is 19.5. The lowest BCUT2D eigenvalue weighted by Crippen LogP contribution is -2.36. The van der Waals surface area contributed by atoms with Gasteiger partial charge in [0.1, 0.15) is 0 Å². The van der Waals surface area contributed by atoms with Crippen molar-refractivity contribution in [3.05, 3.63) is 64.7 Å². The van der Waals surface area contributed by atoms with Gasteiger partial charge in [-0.05, 0) is 43.7 Å². The molecule has 0 heterocycles. The maximum Gasteiger partial charge on any atom is 0.313 e. The summed E-state index contributed by atoms with van der Waals surface area (Å²) < 4.78 is 0. The van der Waals surface area contributed by atoms with Crippen molar-refractivity contribution >= 4 is 35.0 Å². The van der Waals surface area contributed by atoms with Gasteiger partial charge < -0.3 is 16.0 Å². The molecule has 7 heteroatoms. The van der Waals surface area contributed by atoms with Crippen molar-refractivity contribution in [3.63, 3.8) is 0 Å². The minimum absolute atomic E-state index is 0.0488. The smallest absolute Gasteiger partial charge is 0.313 e.